The molecule has 0 saturated heterocycles. The molecule has 88 valence electrons. The van der Waals surface area contributed by atoms with Crippen molar-refractivity contribution < 1.29 is 15.0 Å². The van der Waals surface area contributed by atoms with Crippen molar-refractivity contribution in [2.75, 3.05) is 6.54 Å². The molecule has 0 aliphatic rings. The molecule has 5 heteroatoms. The number of benzene rings is 1. The highest BCUT2D eigenvalue weighted by molar-refractivity contribution is 5.97. The third-order valence-corrected chi connectivity index (χ3v) is 2.27. The third kappa shape index (κ3) is 3.13. The molecule has 0 spiro atoms. The number of nitrogens with two attached hydrogens (primary N) is 1. The van der Waals surface area contributed by atoms with Gasteiger partial charge in [0, 0.05) is 12.6 Å². The first-order valence-corrected chi connectivity index (χ1v) is 5.10. The molecule has 0 bridgehead atoms. The van der Waals surface area contributed by atoms with E-state index >= 15 is 0 Å². The van der Waals surface area contributed by atoms with Crippen molar-refractivity contribution in [1.82, 2.24) is 5.32 Å². The number of phenols is 2. The topological polar surface area (TPSA) is 95.6 Å². The fraction of sp³-hybridized carbons (Fsp3) is 0.364. The summed E-state index contributed by atoms with van der Waals surface area (Å²) in [6.07, 6.45) is 0.756. The second kappa shape index (κ2) is 5.37. The molecule has 1 atom stereocenters. The van der Waals surface area contributed by atoms with Gasteiger partial charge in [-0.05, 0) is 24.6 Å². The molecule has 0 aliphatic heterocycles. The van der Waals surface area contributed by atoms with Crippen LogP contribution in [0, 0.1) is 0 Å². The Morgan fingerprint density at radius 2 is 2.19 bits per heavy atom. The van der Waals surface area contributed by atoms with Gasteiger partial charge in [0.2, 0.25) is 0 Å². The van der Waals surface area contributed by atoms with E-state index in [9.17, 15) is 15.0 Å². The molecule has 5 nitrogen and oxygen atoms in total. The van der Waals surface area contributed by atoms with Crippen LogP contribution in [-0.4, -0.2) is 28.7 Å². The molecular formula is C11H16N2O3. The highest BCUT2D eigenvalue weighted by Crippen LogP contribution is 2.21. The van der Waals surface area contributed by atoms with Crippen LogP contribution in [0.2, 0.25) is 0 Å². The van der Waals surface area contributed by atoms with Crippen molar-refractivity contribution in [3.8, 4) is 11.5 Å². The molecule has 5 N–H and O–H groups in total. The van der Waals surface area contributed by atoms with Gasteiger partial charge in [0.1, 0.15) is 11.5 Å². The summed E-state index contributed by atoms with van der Waals surface area (Å²) in [5, 5.41) is 21.2. The Bertz CT molecular complexity index is 379. The zero-order valence-corrected chi connectivity index (χ0v) is 9.10. The second-order valence-electron chi connectivity index (χ2n) is 3.58. The summed E-state index contributed by atoms with van der Waals surface area (Å²) in [7, 11) is 0. The zero-order valence-electron chi connectivity index (χ0n) is 9.10. The summed E-state index contributed by atoms with van der Waals surface area (Å²) in [4.78, 5) is 11.6. The lowest BCUT2D eigenvalue weighted by Gasteiger charge is -2.11. The number of phenolic OH excluding ortho intramolecular Hbond substituents is 2. The van der Waals surface area contributed by atoms with Gasteiger partial charge in [-0.1, -0.05) is 6.92 Å². The van der Waals surface area contributed by atoms with Gasteiger partial charge >= 0.3 is 0 Å². The summed E-state index contributed by atoms with van der Waals surface area (Å²) in [5.41, 5.74) is 5.69. The molecule has 0 heterocycles. The number of carbonyl (C=O) groups excluding carboxylic acids is 1. The standard InChI is InChI=1S/C11H16N2O3/c1-2-7(12)6-13-11(16)9-5-8(14)3-4-10(9)15/h3-5,7,14-15H,2,6,12H2,1H3,(H,13,16). The van der Waals surface area contributed by atoms with Crippen molar-refractivity contribution >= 4 is 5.91 Å². The molecular weight excluding hydrogens is 208 g/mol. The lowest BCUT2D eigenvalue weighted by molar-refractivity contribution is 0.0948. The van der Waals surface area contributed by atoms with Crippen LogP contribution in [0.1, 0.15) is 23.7 Å². The number of nitrogens with one attached hydrogen (secondary N) is 1. The molecule has 1 unspecified atom stereocenters. The second-order valence-corrected chi connectivity index (χ2v) is 3.58. The summed E-state index contributed by atoms with van der Waals surface area (Å²) < 4.78 is 0. The molecule has 1 amide bonds. The van der Waals surface area contributed by atoms with Gasteiger partial charge < -0.3 is 21.3 Å². The summed E-state index contributed by atoms with van der Waals surface area (Å²) >= 11 is 0. The van der Waals surface area contributed by atoms with Crippen LogP contribution in [0.4, 0.5) is 0 Å². The Kier molecular flexibility index (Phi) is 4.13. The maximum atomic E-state index is 11.6. The predicted octanol–water partition coefficient (Wildman–Crippen LogP) is 0.565. The van der Waals surface area contributed by atoms with Crippen LogP contribution in [0.15, 0.2) is 18.2 Å². The van der Waals surface area contributed by atoms with E-state index in [1.54, 1.807) is 0 Å². The monoisotopic (exact) mass is 224 g/mol. The molecule has 0 saturated carbocycles. The number of hydrogen-bond donors (Lipinski definition) is 4. The SMILES string of the molecule is CCC(N)CNC(=O)c1cc(O)ccc1O. The number of amides is 1. The maximum Gasteiger partial charge on any atom is 0.255 e. The van der Waals surface area contributed by atoms with Crippen LogP contribution in [0.25, 0.3) is 0 Å². The normalized spacial score (nSPS) is 12.1. The summed E-state index contributed by atoms with van der Waals surface area (Å²) in [6.45, 7) is 2.26. The van der Waals surface area contributed by atoms with E-state index in [4.69, 9.17) is 5.73 Å². The third-order valence-electron chi connectivity index (χ3n) is 2.27. The Labute approximate surface area is 93.9 Å². The Morgan fingerprint density at radius 3 is 2.81 bits per heavy atom. The molecule has 0 fully saturated rings. The molecule has 1 rings (SSSR count). The summed E-state index contributed by atoms with van der Waals surface area (Å²) in [5.74, 6) is -0.680. The molecule has 0 aliphatic carbocycles. The minimum Gasteiger partial charge on any atom is -0.508 e. The van der Waals surface area contributed by atoms with Gasteiger partial charge in [0.15, 0.2) is 0 Å². The van der Waals surface area contributed by atoms with Crippen molar-refractivity contribution in [2.45, 2.75) is 19.4 Å². The fourth-order valence-electron chi connectivity index (χ4n) is 1.17. The number of aromatic hydroxyl groups is 2. The van der Waals surface area contributed by atoms with Gasteiger partial charge in [-0.3, -0.25) is 4.79 Å². The first-order valence-electron chi connectivity index (χ1n) is 5.10. The van der Waals surface area contributed by atoms with E-state index in [1.807, 2.05) is 6.92 Å². The summed E-state index contributed by atoms with van der Waals surface area (Å²) in [6, 6.07) is 3.68. The quantitative estimate of drug-likeness (QED) is 0.562. The minimum absolute atomic E-state index is 0.0447. The predicted molar refractivity (Wildman–Crippen MR) is 60.4 cm³/mol. The Morgan fingerprint density at radius 1 is 1.50 bits per heavy atom. The largest absolute Gasteiger partial charge is 0.508 e. The van der Waals surface area contributed by atoms with Crippen LogP contribution in [0.3, 0.4) is 0 Å². The highest BCUT2D eigenvalue weighted by Gasteiger charge is 2.12. The van der Waals surface area contributed by atoms with Crippen molar-refractivity contribution in [3.63, 3.8) is 0 Å². The Hall–Kier alpha value is -1.75. The number of carbonyl (C=O) groups is 1. The van der Waals surface area contributed by atoms with Crippen molar-refractivity contribution in [3.05, 3.63) is 23.8 Å². The van der Waals surface area contributed by atoms with Gasteiger partial charge in [-0.2, -0.15) is 0 Å². The molecule has 0 radical (unpaired) electrons. The van der Waals surface area contributed by atoms with Crippen LogP contribution < -0.4 is 11.1 Å². The van der Waals surface area contributed by atoms with Gasteiger partial charge in [-0.15, -0.1) is 0 Å². The van der Waals surface area contributed by atoms with Gasteiger partial charge in [0.05, 0.1) is 5.56 Å². The van der Waals surface area contributed by atoms with Crippen LogP contribution in [0.5, 0.6) is 11.5 Å². The van der Waals surface area contributed by atoms with E-state index in [0.717, 1.165) is 6.42 Å². The average Bonchev–Trinajstić information content (AvgIpc) is 2.28. The minimum atomic E-state index is -0.447. The van der Waals surface area contributed by atoms with E-state index in [2.05, 4.69) is 5.32 Å². The van der Waals surface area contributed by atoms with Crippen molar-refractivity contribution in [2.24, 2.45) is 5.73 Å². The smallest absolute Gasteiger partial charge is 0.255 e. The first-order chi connectivity index (χ1) is 7.54. The van der Waals surface area contributed by atoms with Crippen LogP contribution in [-0.2, 0) is 0 Å². The molecule has 1 aromatic carbocycles. The lowest BCUT2D eigenvalue weighted by atomic mass is 10.1. The molecule has 1 aromatic rings. The number of rotatable bonds is 4. The van der Waals surface area contributed by atoms with Gasteiger partial charge in [-0.25, -0.2) is 0 Å². The molecule has 0 aromatic heterocycles. The highest BCUT2D eigenvalue weighted by atomic mass is 16.3. The van der Waals surface area contributed by atoms with E-state index < -0.39 is 5.91 Å². The van der Waals surface area contributed by atoms with Crippen molar-refractivity contribution in [1.29, 1.82) is 0 Å². The molecule has 16 heavy (non-hydrogen) atoms. The number of hydrogen-bond acceptors (Lipinski definition) is 4. The zero-order chi connectivity index (χ0) is 12.1. The van der Waals surface area contributed by atoms with E-state index in [1.165, 1.54) is 18.2 Å². The van der Waals surface area contributed by atoms with Crippen LogP contribution >= 0.6 is 0 Å². The van der Waals surface area contributed by atoms with E-state index in [-0.39, 0.29) is 23.1 Å². The van der Waals surface area contributed by atoms with Gasteiger partial charge in [0.25, 0.3) is 5.91 Å². The van der Waals surface area contributed by atoms with E-state index in [0.29, 0.717) is 6.54 Å². The lowest BCUT2D eigenvalue weighted by Crippen LogP contribution is -2.36. The maximum absolute atomic E-state index is 11.6. The average molecular weight is 224 g/mol. The Balaban J connectivity index is 2.69. The first kappa shape index (κ1) is 12.3. The fourth-order valence-corrected chi connectivity index (χ4v) is 1.17.